The van der Waals surface area contributed by atoms with Gasteiger partial charge in [-0.3, -0.25) is 4.79 Å². The molecule has 98 valence electrons. The number of carbonyl (C=O) groups excluding carboxylic acids is 2. The minimum Gasteiger partial charge on any atom is -0.495 e. The van der Waals surface area contributed by atoms with Crippen molar-refractivity contribution in [3.8, 4) is 11.4 Å². The smallest absolute Gasteiger partial charge is 0.337 e. The largest absolute Gasteiger partial charge is 0.495 e. The Balaban J connectivity index is 2.59. The Morgan fingerprint density at radius 2 is 2.05 bits per heavy atom. The van der Waals surface area contributed by atoms with E-state index in [2.05, 4.69) is 4.74 Å². The second-order valence-electron chi connectivity index (χ2n) is 3.80. The Labute approximate surface area is 110 Å². The monoisotopic (exact) mass is 259 g/mol. The van der Waals surface area contributed by atoms with Crippen molar-refractivity contribution in [2.24, 2.45) is 0 Å². The van der Waals surface area contributed by atoms with Gasteiger partial charge in [-0.25, -0.2) is 4.79 Å². The van der Waals surface area contributed by atoms with Crippen LogP contribution in [0.1, 0.15) is 20.8 Å². The van der Waals surface area contributed by atoms with Gasteiger partial charge in [0, 0.05) is 6.20 Å². The van der Waals surface area contributed by atoms with Crippen LogP contribution in [0.4, 0.5) is 0 Å². The molecule has 5 heteroatoms. The molecule has 1 heterocycles. The number of aromatic nitrogens is 1. The van der Waals surface area contributed by atoms with Crippen molar-refractivity contribution in [3.05, 3.63) is 47.8 Å². The van der Waals surface area contributed by atoms with E-state index in [1.54, 1.807) is 41.1 Å². The van der Waals surface area contributed by atoms with Crippen molar-refractivity contribution < 1.29 is 19.1 Å². The highest BCUT2D eigenvalue weighted by Gasteiger charge is 2.13. The molecule has 2 rings (SSSR count). The second kappa shape index (κ2) is 5.39. The Bertz CT molecular complexity index is 616. The number of esters is 1. The topological polar surface area (TPSA) is 57.5 Å². The number of hydrogen-bond donors (Lipinski definition) is 0. The molecule has 1 aromatic carbocycles. The maximum atomic E-state index is 11.5. The predicted molar refractivity (Wildman–Crippen MR) is 69.0 cm³/mol. The van der Waals surface area contributed by atoms with Gasteiger partial charge >= 0.3 is 5.97 Å². The summed E-state index contributed by atoms with van der Waals surface area (Å²) in [5.74, 6) is 0.121. The van der Waals surface area contributed by atoms with Crippen molar-refractivity contribution in [2.45, 2.75) is 0 Å². The number of hydrogen-bond acceptors (Lipinski definition) is 4. The first-order chi connectivity index (χ1) is 9.21. The summed E-state index contributed by atoms with van der Waals surface area (Å²) < 4.78 is 11.6. The fourth-order valence-electron chi connectivity index (χ4n) is 1.83. The van der Waals surface area contributed by atoms with Crippen molar-refractivity contribution in [2.75, 3.05) is 14.2 Å². The summed E-state index contributed by atoms with van der Waals surface area (Å²) in [4.78, 5) is 22.5. The van der Waals surface area contributed by atoms with Crippen LogP contribution in [0.2, 0.25) is 0 Å². The van der Waals surface area contributed by atoms with E-state index in [0.717, 1.165) is 6.29 Å². The third-order valence-corrected chi connectivity index (χ3v) is 2.76. The molecule has 0 bridgehead atoms. The fraction of sp³-hybridized carbons (Fsp3) is 0.143. The quantitative estimate of drug-likeness (QED) is 0.623. The zero-order valence-corrected chi connectivity index (χ0v) is 10.6. The molecule has 0 radical (unpaired) electrons. The van der Waals surface area contributed by atoms with Gasteiger partial charge in [0.05, 0.1) is 31.2 Å². The first kappa shape index (κ1) is 12.9. The van der Waals surface area contributed by atoms with Gasteiger partial charge in [0.25, 0.3) is 0 Å². The van der Waals surface area contributed by atoms with Crippen LogP contribution in [0.15, 0.2) is 36.5 Å². The van der Waals surface area contributed by atoms with E-state index in [0.29, 0.717) is 22.7 Å². The molecule has 0 aliphatic heterocycles. The summed E-state index contributed by atoms with van der Waals surface area (Å²) in [6.45, 7) is 0. The molecular formula is C14H13NO4. The average molecular weight is 259 g/mol. The van der Waals surface area contributed by atoms with E-state index in [9.17, 15) is 9.59 Å². The molecule has 0 aliphatic rings. The first-order valence-electron chi connectivity index (χ1n) is 5.60. The van der Waals surface area contributed by atoms with Crippen LogP contribution in [0.5, 0.6) is 5.75 Å². The predicted octanol–water partition coefficient (Wildman–Crippen LogP) is 2.08. The Hall–Kier alpha value is -2.56. The lowest BCUT2D eigenvalue weighted by Crippen LogP contribution is -2.05. The van der Waals surface area contributed by atoms with Crippen molar-refractivity contribution in [1.29, 1.82) is 0 Å². The SMILES string of the molecule is COC(=O)c1ccc(OC)c(-n2cccc2C=O)c1. The zero-order valence-electron chi connectivity index (χ0n) is 10.6. The van der Waals surface area contributed by atoms with Gasteiger partial charge in [-0.1, -0.05) is 0 Å². The second-order valence-corrected chi connectivity index (χ2v) is 3.80. The number of ether oxygens (including phenoxy) is 2. The van der Waals surface area contributed by atoms with Gasteiger partial charge in [-0.05, 0) is 30.3 Å². The Kier molecular flexibility index (Phi) is 3.66. The van der Waals surface area contributed by atoms with E-state index < -0.39 is 5.97 Å². The van der Waals surface area contributed by atoms with Gasteiger partial charge in [0.15, 0.2) is 6.29 Å². The van der Waals surface area contributed by atoms with Gasteiger partial charge in [-0.2, -0.15) is 0 Å². The van der Waals surface area contributed by atoms with E-state index >= 15 is 0 Å². The Morgan fingerprint density at radius 1 is 1.26 bits per heavy atom. The van der Waals surface area contributed by atoms with Gasteiger partial charge in [0.1, 0.15) is 5.75 Å². The van der Waals surface area contributed by atoms with Crippen LogP contribution < -0.4 is 4.74 Å². The molecule has 0 N–H and O–H groups in total. The molecule has 0 amide bonds. The van der Waals surface area contributed by atoms with Crippen LogP contribution in [0.25, 0.3) is 5.69 Å². The molecule has 0 atom stereocenters. The highest BCUT2D eigenvalue weighted by molar-refractivity contribution is 5.90. The molecule has 0 fully saturated rings. The van der Waals surface area contributed by atoms with Crippen LogP contribution in [-0.2, 0) is 4.74 Å². The number of nitrogens with zero attached hydrogens (tertiary/aromatic N) is 1. The molecule has 5 nitrogen and oxygen atoms in total. The molecule has 0 spiro atoms. The van der Waals surface area contributed by atoms with Crippen LogP contribution in [0, 0.1) is 0 Å². The summed E-state index contributed by atoms with van der Waals surface area (Å²) in [6.07, 6.45) is 2.47. The number of rotatable bonds is 4. The average Bonchev–Trinajstić information content (AvgIpc) is 2.93. The number of carbonyl (C=O) groups is 2. The summed E-state index contributed by atoms with van der Waals surface area (Å²) >= 11 is 0. The van der Waals surface area contributed by atoms with Crippen molar-refractivity contribution >= 4 is 12.3 Å². The third-order valence-electron chi connectivity index (χ3n) is 2.76. The number of benzene rings is 1. The maximum Gasteiger partial charge on any atom is 0.337 e. The summed E-state index contributed by atoms with van der Waals surface area (Å²) in [5.41, 5.74) is 1.47. The van der Waals surface area contributed by atoms with E-state index in [-0.39, 0.29) is 0 Å². The lowest BCUT2D eigenvalue weighted by Gasteiger charge is -2.12. The third kappa shape index (κ3) is 2.35. The van der Waals surface area contributed by atoms with Gasteiger partial charge in [0.2, 0.25) is 0 Å². The van der Waals surface area contributed by atoms with Crippen LogP contribution in [-0.4, -0.2) is 31.0 Å². The highest BCUT2D eigenvalue weighted by Crippen LogP contribution is 2.25. The molecule has 1 aromatic heterocycles. The van der Waals surface area contributed by atoms with Gasteiger partial charge < -0.3 is 14.0 Å². The molecule has 0 unspecified atom stereocenters. The summed E-state index contributed by atoms with van der Waals surface area (Å²) in [7, 11) is 2.85. The van der Waals surface area contributed by atoms with E-state index in [1.165, 1.54) is 14.2 Å². The number of aldehydes is 1. The maximum absolute atomic E-state index is 11.5. The lowest BCUT2D eigenvalue weighted by atomic mass is 10.2. The summed E-state index contributed by atoms with van der Waals surface area (Å²) in [6, 6.07) is 8.32. The summed E-state index contributed by atoms with van der Waals surface area (Å²) in [5, 5.41) is 0. The molecular weight excluding hydrogens is 246 g/mol. The van der Waals surface area contributed by atoms with Gasteiger partial charge in [-0.15, -0.1) is 0 Å². The van der Waals surface area contributed by atoms with E-state index in [1.807, 2.05) is 0 Å². The van der Waals surface area contributed by atoms with E-state index in [4.69, 9.17) is 4.74 Å². The molecule has 0 saturated heterocycles. The normalized spacial score (nSPS) is 10.0. The van der Waals surface area contributed by atoms with Crippen molar-refractivity contribution in [3.63, 3.8) is 0 Å². The minimum atomic E-state index is -0.441. The zero-order chi connectivity index (χ0) is 13.8. The fourth-order valence-corrected chi connectivity index (χ4v) is 1.83. The highest BCUT2D eigenvalue weighted by atomic mass is 16.5. The molecule has 0 aliphatic carbocycles. The van der Waals surface area contributed by atoms with Crippen LogP contribution >= 0.6 is 0 Å². The number of methoxy groups -OCH3 is 2. The molecule has 0 saturated carbocycles. The molecule has 19 heavy (non-hydrogen) atoms. The van der Waals surface area contributed by atoms with Crippen LogP contribution in [0.3, 0.4) is 0 Å². The Morgan fingerprint density at radius 3 is 2.68 bits per heavy atom. The van der Waals surface area contributed by atoms with Crippen molar-refractivity contribution in [1.82, 2.24) is 4.57 Å². The molecule has 2 aromatic rings. The lowest BCUT2D eigenvalue weighted by molar-refractivity contribution is 0.0600. The minimum absolute atomic E-state index is 0.392. The standard InChI is InChI=1S/C14H13NO4/c1-18-13-6-5-10(14(17)19-2)8-12(13)15-7-3-4-11(15)9-16/h3-9H,1-2H3. The first-order valence-corrected chi connectivity index (χ1v) is 5.60.